The van der Waals surface area contributed by atoms with Crippen LogP contribution < -0.4 is 10.4 Å². The van der Waals surface area contributed by atoms with Crippen LogP contribution in [0.3, 0.4) is 0 Å². The van der Waals surface area contributed by atoms with Gasteiger partial charge in [-0.2, -0.15) is 14.1 Å². The molecule has 0 amide bonds. The van der Waals surface area contributed by atoms with E-state index in [0.717, 1.165) is 12.8 Å². The van der Waals surface area contributed by atoms with Gasteiger partial charge >= 0.3 is 5.69 Å². The lowest BCUT2D eigenvalue weighted by Gasteiger charge is -2.08. The minimum absolute atomic E-state index is 0. The maximum absolute atomic E-state index is 11.5. The molecule has 0 aromatic carbocycles. The van der Waals surface area contributed by atoms with Crippen LogP contribution in [0, 0.1) is 5.21 Å². The lowest BCUT2D eigenvalue weighted by Crippen LogP contribution is -2.52. The van der Waals surface area contributed by atoms with Crippen LogP contribution in [-0.2, 0) is 13.0 Å². The molecule has 4 nitrogen and oxygen atoms in total. The van der Waals surface area contributed by atoms with Gasteiger partial charge in [0.25, 0.3) is 0 Å². The first-order valence-electron chi connectivity index (χ1n) is 5.02. The molecule has 0 saturated carbocycles. The van der Waals surface area contributed by atoms with E-state index in [1.807, 2.05) is 13.8 Å². The molecular weight excluding hydrogens is 216 g/mol. The third kappa shape index (κ3) is 3.23. The molecule has 1 heterocycles. The first-order chi connectivity index (χ1) is 6.70. The summed E-state index contributed by atoms with van der Waals surface area (Å²) in [7, 11) is 0. The molecule has 0 fully saturated rings. The van der Waals surface area contributed by atoms with E-state index < -0.39 is 5.69 Å². The van der Waals surface area contributed by atoms with E-state index in [1.165, 1.54) is 4.57 Å². The summed E-state index contributed by atoms with van der Waals surface area (Å²) >= 11 is 0. The number of rotatable bonds is 4. The van der Waals surface area contributed by atoms with Crippen molar-refractivity contribution in [2.75, 3.05) is 0 Å². The average molecular weight is 233 g/mol. The first kappa shape index (κ1) is 14.0. The van der Waals surface area contributed by atoms with Gasteiger partial charge in [0.1, 0.15) is 5.69 Å². The Morgan fingerprint density at radius 2 is 2.07 bits per heavy atom. The molecule has 0 unspecified atom stereocenters. The summed E-state index contributed by atoms with van der Waals surface area (Å²) in [5.41, 5.74) is 0.0997. The fourth-order valence-electron chi connectivity index (χ4n) is 1.40. The summed E-state index contributed by atoms with van der Waals surface area (Å²) in [5.74, 6) is 0. The van der Waals surface area contributed by atoms with Gasteiger partial charge in [0.05, 0.1) is 12.7 Å². The van der Waals surface area contributed by atoms with Gasteiger partial charge in [0.2, 0.25) is 0 Å². The fraction of sp³-hybridized carbons (Fsp3) is 0.600. The molecule has 0 N–H and O–H groups in total. The monoisotopic (exact) mass is 232 g/mol. The molecule has 1 aromatic heterocycles. The fourth-order valence-corrected chi connectivity index (χ4v) is 1.40. The predicted molar refractivity (Wildman–Crippen MR) is 61.2 cm³/mol. The zero-order valence-corrected chi connectivity index (χ0v) is 9.92. The van der Waals surface area contributed by atoms with Crippen LogP contribution in [0.15, 0.2) is 17.1 Å². The third-order valence-corrected chi connectivity index (χ3v) is 2.10. The Balaban J connectivity index is 0.00000196. The molecular formula is C10H17ClN2O2. The van der Waals surface area contributed by atoms with Gasteiger partial charge in [-0.3, -0.25) is 0 Å². The number of halogens is 1. The van der Waals surface area contributed by atoms with Crippen LogP contribution in [0.1, 0.15) is 32.4 Å². The number of aromatic nitrogens is 2. The molecule has 15 heavy (non-hydrogen) atoms. The SMILES string of the molecule is CCCc1ccn(CCC)c(=O)[n+]1[O-].Cl. The van der Waals surface area contributed by atoms with Crippen molar-refractivity contribution in [1.29, 1.82) is 0 Å². The van der Waals surface area contributed by atoms with Gasteiger partial charge in [0.15, 0.2) is 0 Å². The zero-order valence-electron chi connectivity index (χ0n) is 9.10. The Kier molecular flexibility index (Phi) is 6.01. The van der Waals surface area contributed by atoms with Crippen LogP contribution in [0.2, 0.25) is 0 Å². The first-order valence-corrected chi connectivity index (χ1v) is 5.02. The Labute approximate surface area is 95.5 Å². The smallest absolute Gasteiger partial charge is 0.501 e. The molecule has 0 spiro atoms. The normalized spacial score (nSPS) is 9.73. The highest BCUT2D eigenvalue weighted by molar-refractivity contribution is 5.85. The highest BCUT2D eigenvalue weighted by Crippen LogP contribution is 1.94. The van der Waals surface area contributed by atoms with E-state index >= 15 is 0 Å². The molecule has 86 valence electrons. The molecule has 0 bridgehead atoms. The van der Waals surface area contributed by atoms with Crippen molar-refractivity contribution in [3.8, 4) is 0 Å². The van der Waals surface area contributed by atoms with Gasteiger partial charge < -0.3 is 5.21 Å². The Bertz CT molecular complexity index is 363. The van der Waals surface area contributed by atoms with Gasteiger partial charge in [0, 0.05) is 12.5 Å². The van der Waals surface area contributed by atoms with Gasteiger partial charge in [-0.15, -0.1) is 12.4 Å². The predicted octanol–water partition coefficient (Wildman–Crippen LogP) is 1.27. The maximum atomic E-state index is 11.5. The van der Waals surface area contributed by atoms with E-state index in [0.29, 0.717) is 23.4 Å². The van der Waals surface area contributed by atoms with E-state index in [9.17, 15) is 10.0 Å². The Morgan fingerprint density at radius 3 is 2.60 bits per heavy atom. The van der Waals surface area contributed by atoms with Crippen LogP contribution in [0.25, 0.3) is 0 Å². The number of aryl methyl sites for hydroxylation is 2. The number of nitrogens with zero attached hydrogens (tertiary/aromatic N) is 2. The summed E-state index contributed by atoms with van der Waals surface area (Å²) in [6.45, 7) is 4.56. The van der Waals surface area contributed by atoms with E-state index in [2.05, 4.69) is 0 Å². The summed E-state index contributed by atoms with van der Waals surface area (Å²) < 4.78 is 1.95. The van der Waals surface area contributed by atoms with E-state index in [1.54, 1.807) is 12.3 Å². The standard InChI is InChI=1S/C10H16N2O2.ClH/c1-3-5-9-6-8-11(7-4-2)10(13)12(9)14;/h6,8H,3-5,7H2,1-2H3;1H. The summed E-state index contributed by atoms with van der Waals surface area (Å²) in [6, 6.07) is 1.73. The molecule has 5 heteroatoms. The number of hydrogen-bond acceptors (Lipinski definition) is 2. The third-order valence-electron chi connectivity index (χ3n) is 2.10. The Morgan fingerprint density at radius 1 is 1.40 bits per heavy atom. The van der Waals surface area contributed by atoms with Crippen LogP contribution in [-0.4, -0.2) is 4.57 Å². The second-order valence-corrected chi connectivity index (χ2v) is 3.33. The molecule has 0 aliphatic rings. The van der Waals surface area contributed by atoms with E-state index in [-0.39, 0.29) is 12.4 Å². The summed E-state index contributed by atoms with van der Waals surface area (Å²) in [4.78, 5) is 11.5. The van der Waals surface area contributed by atoms with Crippen molar-refractivity contribution in [2.45, 2.75) is 39.7 Å². The summed E-state index contributed by atoms with van der Waals surface area (Å²) in [6.07, 6.45) is 4.09. The Hall–Kier alpha value is -1.03. The minimum atomic E-state index is -0.460. The maximum Gasteiger partial charge on any atom is 0.501 e. The van der Waals surface area contributed by atoms with Crippen molar-refractivity contribution in [3.63, 3.8) is 0 Å². The molecule has 0 radical (unpaired) electrons. The average Bonchev–Trinajstić information content (AvgIpc) is 2.18. The van der Waals surface area contributed by atoms with Gasteiger partial charge in [-0.25, -0.2) is 0 Å². The largest absolute Gasteiger partial charge is 0.708 e. The molecule has 0 atom stereocenters. The molecule has 0 aliphatic heterocycles. The van der Waals surface area contributed by atoms with Crippen molar-refractivity contribution in [3.05, 3.63) is 33.6 Å². The quantitative estimate of drug-likeness (QED) is 0.580. The van der Waals surface area contributed by atoms with Crippen molar-refractivity contribution in [1.82, 2.24) is 4.57 Å². The van der Waals surface area contributed by atoms with Crippen molar-refractivity contribution in [2.24, 2.45) is 0 Å². The van der Waals surface area contributed by atoms with Crippen molar-refractivity contribution >= 4 is 12.4 Å². The molecule has 1 aromatic rings. The second-order valence-electron chi connectivity index (χ2n) is 3.33. The highest BCUT2D eigenvalue weighted by Gasteiger charge is 2.08. The second kappa shape index (κ2) is 6.45. The molecule has 1 rings (SSSR count). The lowest BCUT2D eigenvalue weighted by molar-refractivity contribution is -0.635. The summed E-state index contributed by atoms with van der Waals surface area (Å²) in [5, 5.41) is 11.4. The van der Waals surface area contributed by atoms with Crippen molar-refractivity contribution < 1.29 is 4.73 Å². The van der Waals surface area contributed by atoms with Gasteiger partial charge in [-0.05, 0) is 12.8 Å². The van der Waals surface area contributed by atoms with Crippen LogP contribution >= 0.6 is 12.4 Å². The minimum Gasteiger partial charge on any atom is -0.708 e. The highest BCUT2D eigenvalue weighted by atomic mass is 35.5. The van der Waals surface area contributed by atoms with Crippen LogP contribution in [0.4, 0.5) is 0 Å². The lowest BCUT2D eigenvalue weighted by atomic mass is 10.2. The van der Waals surface area contributed by atoms with Crippen LogP contribution in [0.5, 0.6) is 0 Å². The van der Waals surface area contributed by atoms with E-state index in [4.69, 9.17) is 0 Å². The van der Waals surface area contributed by atoms with Gasteiger partial charge in [-0.1, -0.05) is 13.8 Å². The zero-order chi connectivity index (χ0) is 10.6. The molecule has 0 aliphatic carbocycles. The molecule has 0 saturated heterocycles. The number of hydrogen-bond donors (Lipinski definition) is 0. The topological polar surface area (TPSA) is 48.9 Å².